The monoisotopic (exact) mass is 350 g/mol. The molecule has 146 valence electrons. The molecule has 0 spiro atoms. The molecular weight excluding hydrogens is 308 g/mol. The molecule has 0 heterocycles. The predicted octanol–water partition coefficient (Wildman–Crippen LogP) is 6.42. The van der Waals surface area contributed by atoms with Crippen molar-refractivity contribution in [2.75, 3.05) is 7.11 Å². The van der Waals surface area contributed by atoms with Gasteiger partial charge in [0, 0.05) is 13.0 Å². The summed E-state index contributed by atoms with van der Waals surface area (Å²) in [7, 11) is 1.82. The zero-order valence-electron chi connectivity index (χ0n) is 17.1. The summed E-state index contributed by atoms with van der Waals surface area (Å²) in [5, 5.41) is 0. The first-order valence-electron chi connectivity index (χ1n) is 11.1. The molecule has 0 aliphatic heterocycles. The van der Waals surface area contributed by atoms with Crippen molar-refractivity contribution in [1.82, 2.24) is 0 Å². The highest BCUT2D eigenvalue weighted by Crippen LogP contribution is 2.40. The van der Waals surface area contributed by atoms with Crippen LogP contribution in [-0.4, -0.2) is 19.5 Å². The van der Waals surface area contributed by atoms with Gasteiger partial charge in [-0.2, -0.15) is 0 Å². The first kappa shape index (κ1) is 20.9. The number of methoxy groups -OCH3 is 1. The lowest BCUT2D eigenvalue weighted by atomic mass is 9.70. The standard InChI is InChI=1S/C14H24O.C9H18O/c1-11-2-6-13(7-3-11)14-8-4-12(10-15)5-9-14;1-8(10-2)9-6-4-3-5-7-9/h10-14H,2-9H2,1H3;8-9H,3-7H2,1-2H3. The van der Waals surface area contributed by atoms with Crippen molar-refractivity contribution in [2.45, 2.75) is 103 Å². The molecule has 3 saturated carbocycles. The van der Waals surface area contributed by atoms with Crippen molar-refractivity contribution < 1.29 is 9.53 Å². The average molecular weight is 351 g/mol. The smallest absolute Gasteiger partial charge is 0.123 e. The molecule has 25 heavy (non-hydrogen) atoms. The number of ether oxygens (including phenoxy) is 1. The van der Waals surface area contributed by atoms with Crippen LogP contribution in [0.15, 0.2) is 0 Å². The zero-order valence-corrected chi connectivity index (χ0v) is 17.1. The second kappa shape index (κ2) is 11.4. The maximum atomic E-state index is 10.7. The van der Waals surface area contributed by atoms with E-state index in [9.17, 15) is 4.79 Å². The molecule has 1 unspecified atom stereocenters. The quantitative estimate of drug-likeness (QED) is 0.547. The number of rotatable bonds is 4. The van der Waals surface area contributed by atoms with Crippen LogP contribution in [0.4, 0.5) is 0 Å². The van der Waals surface area contributed by atoms with Crippen molar-refractivity contribution in [3.05, 3.63) is 0 Å². The van der Waals surface area contributed by atoms with Gasteiger partial charge in [0.05, 0.1) is 6.10 Å². The summed E-state index contributed by atoms with van der Waals surface area (Å²) in [4.78, 5) is 10.7. The third-order valence-electron chi connectivity index (χ3n) is 7.42. The van der Waals surface area contributed by atoms with E-state index < -0.39 is 0 Å². The van der Waals surface area contributed by atoms with E-state index in [4.69, 9.17) is 4.74 Å². The van der Waals surface area contributed by atoms with Gasteiger partial charge in [0.15, 0.2) is 0 Å². The van der Waals surface area contributed by atoms with Crippen LogP contribution in [0.2, 0.25) is 0 Å². The van der Waals surface area contributed by atoms with Gasteiger partial charge in [0.2, 0.25) is 0 Å². The molecule has 0 aromatic rings. The Morgan fingerprint density at radius 1 is 0.800 bits per heavy atom. The van der Waals surface area contributed by atoms with Crippen molar-refractivity contribution in [2.24, 2.45) is 29.6 Å². The van der Waals surface area contributed by atoms with Gasteiger partial charge in [-0.25, -0.2) is 0 Å². The largest absolute Gasteiger partial charge is 0.381 e. The maximum absolute atomic E-state index is 10.7. The van der Waals surface area contributed by atoms with Crippen LogP contribution in [0.1, 0.15) is 97.3 Å². The Balaban J connectivity index is 0.000000196. The lowest BCUT2D eigenvalue weighted by Crippen LogP contribution is -2.25. The summed E-state index contributed by atoms with van der Waals surface area (Å²) in [5.74, 6) is 4.15. The van der Waals surface area contributed by atoms with Crippen molar-refractivity contribution in [3.63, 3.8) is 0 Å². The van der Waals surface area contributed by atoms with Crippen LogP contribution in [0, 0.1) is 29.6 Å². The minimum absolute atomic E-state index is 0.392. The third-order valence-corrected chi connectivity index (χ3v) is 7.42. The predicted molar refractivity (Wildman–Crippen MR) is 106 cm³/mol. The Kier molecular flexibility index (Phi) is 9.52. The topological polar surface area (TPSA) is 26.3 Å². The van der Waals surface area contributed by atoms with Gasteiger partial charge in [-0.15, -0.1) is 0 Å². The third kappa shape index (κ3) is 7.04. The van der Waals surface area contributed by atoms with E-state index in [1.54, 1.807) is 0 Å². The van der Waals surface area contributed by atoms with Gasteiger partial charge >= 0.3 is 0 Å². The Hall–Kier alpha value is -0.370. The highest BCUT2D eigenvalue weighted by molar-refractivity contribution is 5.53. The highest BCUT2D eigenvalue weighted by Gasteiger charge is 2.29. The maximum Gasteiger partial charge on any atom is 0.123 e. The van der Waals surface area contributed by atoms with E-state index in [0.717, 1.165) is 23.7 Å². The molecule has 0 saturated heterocycles. The summed E-state index contributed by atoms with van der Waals surface area (Å²) >= 11 is 0. The molecular formula is C23H42O2. The van der Waals surface area contributed by atoms with Gasteiger partial charge in [-0.1, -0.05) is 39.0 Å². The highest BCUT2D eigenvalue weighted by atomic mass is 16.5. The fraction of sp³-hybridized carbons (Fsp3) is 0.957. The minimum Gasteiger partial charge on any atom is -0.381 e. The molecule has 2 heteroatoms. The fourth-order valence-corrected chi connectivity index (χ4v) is 5.31. The summed E-state index contributed by atoms with van der Waals surface area (Å²) in [5.41, 5.74) is 0. The minimum atomic E-state index is 0.392. The van der Waals surface area contributed by atoms with Crippen molar-refractivity contribution in [1.29, 1.82) is 0 Å². The van der Waals surface area contributed by atoms with Crippen LogP contribution >= 0.6 is 0 Å². The summed E-state index contributed by atoms with van der Waals surface area (Å²) in [6.45, 7) is 4.58. The average Bonchev–Trinajstić information content (AvgIpc) is 2.69. The normalized spacial score (nSPS) is 35.3. The zero-order chi connectivity index (χ0) is 18.1. The van der Waals surface area contributed by atoms with Crippen LogP contribution in [0.25, 0.3) is 0 Å². The Morgan fingerprint density at radius 2 is 1.32 bits per heavy atom. The van der Waals surface area contributed by atoms with E-state index in [1.807, 2.05) is 7.11 Å². The lowest BCUT2D eigenvalue weighted by Gasteiger charge is -2.36. The molecule has 0 radical (unpaired) electrons. The number of hydrogen-bond donors (Lipinski definition) is 0. The van der Waals surface area contributed by atoms with E-state index in [0.29, 0.717) is 12.0 Å². The summed E-state index contributed by atoms with van der Waals surface area (Å²) in [6.07, 6.45) is 19.5. The van der Waals surface area contributed by atoms with Gasteiger partial charge in [-0.05, 0) is 82.0 Å². The summed E-state index contributed by atoms with van der Waals surface area (Å²) in [6, 6.07) is 0. The van der Waals surface area contributed by atoms with Gasteiger partial charge < -0.3 is 9.53 Å². The van der Waals surface area contributed by atoms with Crippen LogP contribution in [-0.2, 0) is 9.53 Å². The molecule has 3 fully saturated rings. The number of hydrogen-bond acceptors (Lipinski definition) is 2. The number of aldehydes is 1. The molecule has 0 bridgehead atoms. The Morgan fingerprint density at radius 3 is 1.80 bits per heavy atom. The molecule has 0 aromatic heterocycles. The van der Waals surface area contributed by atoms with Crippen molar-refractivity contribution >= 4 is 6.29 Å². The van der Waals surface area contributed by atoms with Crippen LogP contribution in [0.5, 0.6) is 0 Å². The van der Waals surface area contributed by atoms with Gasteiger partial charge in [0.1, 0.15) is 6.29 Å². The second-order valence-corrected chi connectivity index (χ2v) is 9.17. The van der Waals surface area contributed by atoms with E-state index in [2.05, 4.69) is 13.8 Å². The number of carbonyl (C=O) groups excluding carboxylic acids is 1. The van der Waals surface area contributed by atoms with Crippen LogP contribution < -0.4 is 0 Å². The van der Waals surface area contributed by atoms with Gasteiger partial charge in [-0.3, -0.25) is 0 Å². The molecule has 0 N–H and O–H groups in total. The van der Waals surface area contributed by atoms with Gasteiger partial charge in [0.25, 0.3) is 0 Å². The van der Waals surface area contributed by atoms with Crippen molar-refractivity contribution in [3.8, 4) is 0 Å². The Labute approximate surface area is 156 Å². The Bertz CT molecular complexity index is 345. The molecule has 3 aliphatic rings. The molecule has 0 amide bonds. The summed E-state index contributed by atoms with van der Waals surface area (Å²) < 4.78 is 5.29. The molecule has 2 nitrogen and oxygen atoms in total. The fourth-order valence-electron chi connectivity index (χ4n) is 5.31. The SMILES string of the molecule is CC1CCC(C2CCC(C=O)CC2)CC1.COC(C)C1CCCCC1. The first-order valence-corrected chi connectivity index (χ1v) is 11.1. The molecule has 0 aromatic carbocycles. The second-order valence-electron chi connectivity index (χ2n) is 9.17. The van der Waals surface area contributed by atoms with E-state index in [1.165, 1.54) is 89.8 Å². The molecule has 1 atom stereocenters. The lowest BCUT2D eigenvalue weighted by molar-refractivity contribution is -0.112. The molecule has 3 rings (SSSR count). The molecule has 3 aliphatic carbocycles. The first-order chi connectivity index (χ1) is 12.1. The van der Waals surface area contributed by atoms with Crippen LogP contribution in [0.3, 0.4) is 0 Å². The van der Waals surface area contributed by atoms with E-state index >= 15 is 0 Å². The number of carbonyl (C=O) groups is 1. The van der Waals surface area contributed by atoms with E-state index in [-0.39, 0.29) is 0 Å².